The lowest BCUT2D eigenvalue weighted by molar-refractivity contribution is 0.530. The molecule has 0 aliphatic heterocycles. The zero-order chi connectivity index (χ0) is 79.0. The molecule has 0 spiro atoms. The van der Waals surface area contributed by atoms with E-state index in [0.29, 0.717) is 28.9 Å². The van der Waals surface area contributed by atoms with Crippen molar-refractivity contribution < 1.29 is 5.48 Å². The highest BCUT2D eigenvalue weighted by Gasteiger charge is 2.27. The second kappa shape index (κ2) is 37.3. The van der Waals surface area contributed by atoms with Crippen LogP contribution in [0.15, 0.2) is 139 Å². The molecule has 0 N–H and O–H groups in total. The lowest BCUT2D eigenvalue weighted by Gasteiger charge is -2.29. The van der Waals surface area contributed by atoms with Crippen molar-refractivity contribution in [2.24, 2.45) is 11.8 Å². The van der Waals surface area contributed by atoms with Crippen molar-refractivity contribution in [1.29, 1.82) is 0 Å². The van der Waals surface area contributed by atoms with E-state index in [1.54, 1.807) is 29.2 Å². The molecule has 0 amide bonds. The Hall–Kier alpha value is -5.46. The number of rotatable bonds is 7. The molecule has 0 unspecified atom stereocenters. The maximum absolute atomic E-state index is 7.91. The van der Waals surface area contributed by atoms with Gasteiger partial charge < -0.3 is 0 Å². The topological polar surface area (TPSA) is 0 Å². The second-order valence-electron chi connectivity index (χ2n) is 38.1. The van der Waals surface area contributed by atoms with Gasteiger partial charge in [-0.1, -0.05) is 386 Å². The van der Waals surface area contributed by atoms with E-state index in [2.05, 4.69) is 365 Å². The van der Waals surface area contributed by atoms with Gasteiger partial charge in [-0.15, -0.1) is 0 Å². The molecule has 0 heterocycles. The summed E-state index contributed by atoms with van der Waals surface area (Å²) < 4.78 is 31.0. The monoisotopic (exact) mass is 1320 g/mol. The van der Waals surface area contributed by atoms with E-state index in [4.69, 9.17) is 5.48 Å². The molecule has 0 nitrogen and oxygen atoms in total. The lowest BCUT2D eigenvalue weighted by atomic mass is 9.75. The summed E-state index contributed by atoms with van der Waals surface area (Å²) in [4.78, 5) is 0. The van der Waals surface area contributed by atoms with Crippen molar-refractivity contribution in [3.05, 3.63) is 245 Å². The van der Waals surface area contributed by atoms with Crippen LogP contribution in [0.1, 0.15) is 364 Å². The Balaban J connectivity index is 0.000000591. The molecule has 0 radical (unpaired) electrons. The maximum atomic E-state index is 7.91. The summed E-state index contributed by atoms with van der Waals surface area (Å²) in [7, 11) is 0. The molecule has 7 aromatic rings. The molecular formula is C97H152. The smallest absolute Gasteiger partial charge is 0.0625 e. The van der Waals surface area contributed by atoms with Crippen LogP contribution in [0.4, 0.5) is 0 Å². The highest BCUT2D eigenvalue weighted by molar-refractivity contribution is 5.45. The fourth-order valence-electron chi connectivity index (χ4n) is 13.9. The molecule has 0 heteroatoms. The average molecular weight is 1320 g/mol. The van der Waals surface area contributed by atoms with Gasteiger partial charge in [0.05, 0.1) is 5.48 Å². The summed E-state index contributed by atoms with van der Waals surface area (Å²) in [5.74, 6) is 3.28. The van der Waals surface area contributed by atoms with E-state index in [9.17, 15) is 0 Å². The Morgan fingerprint density at radius 2 is 0.598 bits per heavy atom. The summed E-state index contributed by atoms with van der Waals surface area (Å²) in [5.41, 5.74) is 27.6. The first-order valence-corrected chi connectivity index (χ1v) is 37.2. The number of benzene rings is 7. The molecule has 0 aromatic heterocycles. The molecule has 0 fully saturated rings. The zero-order valence-electron chi connectivity index (χ0n) is 74.8. The van der Waals surface area contributed by atoms with E-state index < -0.39 is 0 Å². The minimum absolute atomic E-state index is 0.00185. The van der Waals surface area contributed by atoms with Gasteiger partial charge in [0.25, 0.3) is 0 Å². The lowest BCUT2D eigenvalue weighted by Crippen LogP contribution is -2.21. The molecule has 0 saturated heterocycles. The summed E-state index contributed by atoms with van der Waals surface area (Å²) in [6.45, 7) is 89.3. The van der Waals surface area contributed by atoms with Gasteiger partial charge in [-0.3, -0.25) is 0 Å². The van der Waals surface area contributed by atoms with Crippen LogP contribution in [0, 0.1) is 53.4 Å². The molecule has 0 aliphatic rings. The molecular weight excluding hydrogens is 1170 g/mol. The quantitative estimate of drug-likeness (QED) is 0.149. The molecule has 97 heavy (non-hydrogen) atoms. The first-order valence-electron chi connectivity index (χ1n) is 39.2. The van der Waals surface area contributed by atoms with Crippen LogP contribution in [0.2, 0.25) is 0 Å². The van der Waals surface area contributed by atoms with Crippen LogP contribution in [-0.4, -0.2) is 0 Å². The Morgan fingerprint density at radius 3 is 0.897 bits per heavy atom. The predicted molar refractivity (Wildman–Crippen MR) is 442 cm³/mol. The van der Waals surface area contributed by atoms with Crippen molar-refractivity contribution >= 4 is 0 Å². The van der Waals surface area contributed by atoms with Gasteiger partial charge in [0.1, 0.15) is 0 Å². The van der Waals surface area contributed by atoms with Crippen molar-refractivity contribution in [1.82, 2.24) is 0 Å². The van der Waals surface area contributed by atoms with Crippen molar-refractivity contribution in [3.8, 4) is 0 Å². The first-order chi connectivity index (χ1) is 45.5. The zero-order valence-corrected chi connectivity index (χ0v) is 70.8. The van der Waals surface area contributed by atoms with E-state index in [1.165, 1.54) is 85.2 Å². The van der Waals surface area contributed by atoms with Gasteiger partial charge in [-0.2, -0.15) is 0 Å². The maximum Gasteiger partial charge on any atom is 0.0629 e. The number of aryl methyl sites for hydroxylation is 5. The normalized spacial score (nSPS) is 12.8. The molecule has 7 aromatic carbocycles. The highest BCUT2D eigenvalue weighted by atomic mass is 14.3. The van der Waals surface area contributed by atoms with Crippen LogP contribution in [0.3, 0.4) is 0 Å². The number of hydrogen-bond donors (Lipinski definition) is 0. The fourth-order valence-corrected chi connectivity index (χ4v) is 13.9. The third kappa shape index (κ3) is 30.5. The minimum atomic E-state index is -0.331. The van der Waals surface area contributed by atoms with Gasteiger partial charge in [0.15, 0.2) is 0 Å². The molecule has 540 valence electrons. The molecule has 7 rings (SSSR count). The summed E-state index contributed by atoms with van der Waals surface area (Å²) in [5, 5.41) is 0. The van der Waals surface area contributed by atoms with Crippen molar-refractivity contribution in [2.45, 2.75) is 351 Å². The van der Waals surface area contributed by atoms with Gasteiger partial charge in [-0.25, -0.2) is 0 Å². The Bertz CT molecular complexity index is 3520. The predicted octanol–water partition coefficient (Wildman–Crippen LogP) is 29.8. The summed E-state index contributed by atoms with van der Waals surface area (Å²) in [6.07, 6.45) is 2.39. The van der Waals surface area contributed by atoms with Gasteiger partial charge in [0, 0.05) is 0 Å². The average Bonchev–Trinajstić information content (AvgIpc) is 0.787. The van der Waals surface area contributed by atoms with Gasteiger partial charge in [0.2, 0.25) is 0 Å². The van der Waals surface area contributed by atoms with Crippen LogP contribution < -0.4 is 0 Å². The molecule has 0 aliphatic carbocycles. The van der Waals surface area contributed by atoms with Gasteiger partial charge >= 0.3 is 0 Å². The van der Waals surface area contributed by atoms with Crippen LogP contribution in [0.25, 0.3) is 0 Å². The summed E-state index contributed by atoms with van der Waals surface area (Å²) in [6, 6.07) is 42.4. The Morgan fingerprint density at radius 1 is 0.289 bits per heavy atom. The Labute approximate surface area is 610 Å². The third-order valence-electron chi connectivity index (χ3n) is 17.5. The largest absolute Gasteiger partial charge is 0.0629 e. The molecule has 0 bridgehead atoms. The van der Waals surface area contributed by atoms with E-state index in [-0.39, 0.29) is 67.5 Å². The van der Waals surface area contributed by atoms with E-state index >= 15 is 0 Å². The standard InChI is InChI=1S/C18H30.C16H26.C14H22.2C13H20.C12H18.C11H16/c1-13(2)11-15-9-8-10-16(12-14(3)4)17(15)18(5,6)7;1-11(2)13-9-8-10-14(12(3)4)15(13)16(5,6)7;1-13(2,3)11-9-7-8-10-12(11)14(4,5)6;1-9-7-10(2)12(11(3)8-9)13(4,5)6;1-10(2)11-8-6-7-9-12(11)13(3,4)5;1-9-7-6-8-10(2)11(9)12(3,4)5;1-9-6-5-7-10(8-9)11(2,3)4/h8-10,13-14H,11-12H2,1-7H3;8-12H,1-7H3;7-10H,1-6H3;7-8H,1-6H3;6-10H,1-5H3;6-8H,1-5H3;5-8H,1-4H3/i;;;;;;5D,6D,7D,8D. The van der Waals surface area contributed by atoms with Gasteiger partial charge in [-0.05, 0) is 222 Å². The van der Waals surface area contributed by atoms with Crippen molar-refractivity contribution in [3.63, 3.8) is 0 Å². The van der Waals surface area contributed by atoms with E-state index in [1.807, 2.05) is 20.8 Å². The van der Waals surface area contributed by atoms with E-state index in [0.717, 1.165) is 11.8 Å². The first kappa shape index (κ1) is 82.2. The SMILES string of the molecule is CC(C)(C)c1ccccc1C(C)(C)C.CC(C)Cc1cccc(CC(C)C)c1C(C)(C)C.CC(C)c1cccc(C(C)C)c1C(C)(C)C.CC(C)c1ccccc1C(C)(C)C.Cc1cc(C)c(C(C)(C)C)c(C)c1.Cc1cccc(C)c1C(C)(C)C.[2H]c1c([2H])c(C)c([2H])c(C(C)(C)C)c1[2H]. The fraction of sp³-hybridized carbons (Fsp3) is 0.567. The molecule has 0 atom stereocenters. The highest BCUT2D eigenvalue weighted by Crippen LogP contribution is 2.39. The third-order valence-corrected chi connectivity index (χ3v) is 17.5. The van der Waals surface area contributed by atoms with Crippen LogP contribution >= 0.6 is 0 Å². The Kier molecular flexibility index (Phi) is 31.6. The van der Waals surface area contributed by atoms with Crippen LogP contribution in [-0.2, 0) is 56.2 Å². The second-order valence-corrected chi connectivity index (χ2v) is 38.1. The van der Waals surface area contributed by atoms with Crippen molar-refractivity contribution in [2.75, 3.05) is 0 Å². The summed E-state index contributed by atoms with van der Waals surface area (Å²) >= 11 is 0. The molecule has 0 saturated carbocycles. The number of hydrogen-bond acceptors (Lipinski definition) is 0. The minimum Gasteiger partial charge on any atom is -0.0625 e. The van der Waals surface area contributed by atoms with Crippen LogP contribution in [0.5, 0.6) is 0 Å².